The molecule has 1 aromatic heterocycles. The van der Waals surface area contributed by atoms with Gasteiger partial charge in [0.2, 0.25) is 5.89 Å². The molecule has 0 aliphatic rings. The Hall–Kier alpha value is -3.40. The Balaban J connectivity index is 1.80. The smallest absolute Gasteiger partial charge is 0.322 e. The van der Waals surface area contributed by atoms with E-state index in [4.69, 9.17) is 13.9 Å². The highest BCUT2D eigenvalue weighted by Crippen LogP contribution is 2.26. The molecule has 29 heavy (non-hydrogen) atoms. The predicted octanol–water partition coefficient (Wildman–Crippen LogP) is 2.80. The van der Waals surface area contributed by atoms with E-state index in [1.54, 1.807) is 31.2 Å². The first-order chi connectivity index (χ1) is 13.9. The molecule has 0 atom stereocenters. The van der Waals surface area contributed by atoms with Gasteiger partial charge in [0.1, 0.15) is 11.5 Å². The summed E-state index contributed by atoms with van der Waals surface area (Å²) in [7, 11) is -0.356. The molecule has 1 amide bonds. The first kappa shape index (κ1) is 20.3. The average molecular weight is 417 g/mol. The number of rotatable bonds is 7. The molecule has 152 valence electrons. The van der Waals surface area contributed by atoms with Gasteiger partial charge in [-0.2, -0.15) is 0 Å². The van der Waals surface area contributed by atoms with Crippen molar-refractivity contribution in [3.05, 3.63) is 48.0 Å². The van der Waals surface area contributed by atoms with Crippen LogP contribution in [0.15, 0.2) is 51.8 Å². The summed E-state index contributed by atoms with van der Waals surface area (Å²) in [6.07, 6.45) is 0. The second-order valence-corrected chi connectivity index (χ2v) is 8.14. The zero-order chi connectivity index (χ0) is 21.0. The molecule has 3 aromatic rings. The fourth-order valence-electron chi connectivity index (χ4n) is 2.52. The molecule has 0 unspecified atom stereocenters. The lowest BCUT2D eigenvalue weighted by Gasteiger charge is -2.09. The topological polar surface area (TPSA) is 121 Å². The van der Waals surface area contributed by atoms with Crippen LogP contribution in [-0.2, 0) is 9.84 Å². The minimum Gasteiger partial charge on any atom is -0.497 e. The molecule has 2 aromatic carbocycles. The third-order valence-corrected chi connectivity index (χ3v) is 5.89. The van der Waals surface area contributed by atoms with Crippen LogP contribution in [0, 0.1) is 0 Å². The Morgan fingerprint density at radius 1 is 1.07 bits per heavy atom. The van der Waals surface area contributed by atoms with Gasteiger partial charge in [-0.15, -0.1) is 5.10 Å². The van der Waals surface area contributed by atoms with E-state index >= 15 is 0 Å². The van der Waals surface area contributed by atoms with Crippen molar-refractivity contribution in [2.45, 2.75) is 11.8 Å². The van der Waals surface area contributed by atoms with E-state index in [-0.39, 0.29) is 28.1 Å². The third-order valence-electron chi connectivity index (χ3n) is 4.14. The van der Waals surface area contributed by atoms with Crippen molar-refractivity contribution >= 4 is 21.8 Å². The highest BCUT2D eigenvalue weighted by atomic mass is 32.2. The van der Waals surface area contributed by atoms with E-state index in [0.717, 1.165) is 0 Å². The van der Waals surface area contributed by atoms with Gasteiger partial charge in [0.25, 0.3) is 5.91 Å². The fourth-order valence-corrected chi connectivity index (χ4v) is 3.40. The summed E-state index contributed by atoms with van der Waals surface area (Å²) in [4.78, 5) is 12.8. The zero-order valence-electron chi connectivity index (χ0n) is 16.0. The van der Waals surface area contributed by atoms with Crippen molar-refractivity contribution in [2.75, 3.05) is 25.3 Å². The summed E-state index contributed by atoms with van der Waals surface area (Å²) in [5, 5.41) is 10.2. The summed E-state index contributed by atoms with van der Waals surface area (Å²) >= 11 is 0. The van der Waals surface area contributed by atoms with Crippen LogP contribution in [0.1, 0.15) is 17.3 Å². The summed E-state index contributed by atoms with van der Waals surface area (Å²) in [6.45, 7) is 1.58. The molecule has 0 saturated carbocycles. The number of hydrogen-bond donors (Lipinski definition) is 1. The van der Waals surface area contributed by atoms with Crippen LogP contribution in [-0.4, -0.2) is 44.5 Å². The zero-order valence-corrected chi connectivity index (χ0v) is 16.8. The number of carbonyl (C=O) groups excluding carboxylic acids is 1. The van der Waals surface area contributed by atoms with Crippen LogP contribution in [0.5, 0.6) is 11.5 Å². The van der Waals surface area contributed by atoms with Gasteiger partial charge in [0, 0.05) is 5.56 Å². The summed E-state index contributed by atoms with van der Waals surface area (Å²) in [5.41, 5.74) is 0.757. The van der Waals surface area contributed by atoms with Gasteiger partial charge in [-0.25, -0.2) is 8.42 Å². The van der Waals surface area contributed by atoms with E-state index in [9.17, 15) is 13.2 Å². The number of carbonyl (C=O) groups is 1. The lowest BCUT2D eigenvalue weighted by Crippen LogP contribution is -2.13. The van der Waals surface area contributed by atoms with Crippen molar-refractivity contribution < 1.29 is 27.1 Å². The van der Waals surface area contributed by atoms with Crippen molar-refractivity contribution in [2.24, 2.45) is 0 Å². The first-order valence-corrected chi connectivity index (χ1v) is 10.2. The van der Waals surface area contributed by atoms with E-state index in [1.165, 1.54) is 32.4 Å². The van der Waals surface area contributed by atoms with E-state index < -0.39 is 15.7 Å². The van der Waals surface area contributed by atoms with Crippen LogP contribution in [0.4, 0.5) is 6.01 Å². The van der Waals surface area contributed by atoms with Crippen molar-refractivity contribution in [1.82, 2.24) is 10.2 Å². The molecule has 0 fully saturated rings. The highest BCUT2D eigenvalue weighted by molar-refractivity contribution is 7.91. The third kappa shape index (κ3) is 4.37. The quantitative estimate of drug-likeness (QED) is 0.623. The van der Waals surface area contributed by atoms with Crippen LogP contribution < -0.4 is 14.8 Å². The number of methoxy groups -OCH3 is 2. The van der Waals surface area contributed by atoms with Crippen molar-refractivity contribution in [3.8, 4) is 23.0 Å². The molecule has 0 aliphatic heterocycles. The second-order valence-electron chi connectivity index (χ2n) is 5.86. The lowest BCUT2D eigenvalue weighted by molar-refractivity contribution is 0.102. The number of ether oxygens (including phenoxy) is 2. The van der Waals surface area contributed by atoms with E-state index in [0.29, 0.717) is 17.1 Å². The molecule has 0 radical (unpaired) electrons. The van der Waals surface area contributed by atoms with Gasteiger partial charge >= 0.3 is 6.01 Å². The number of nitrogens with zero attached hydrogens (tertiary/aromatic N) is 2. The first-order valence-electron chi connectivity index (χ1n) is 8.58. The van der Waals surface area contributed by atoms with Crippen molar-refractivity contribution in [3.63, 3.8) is 0 Å². The van der Waals surface area contributed by atoms with Gasteiger partial charge in [0.15, 0.2) is 9.84 Å². The number of benzene rings is 2. The molecule has 0 aliphatic carbocycles. The average Bonchev–Trinajstić information content (AvgIpc) is 3.21. The maximum Gasteiger partial charge on any atom is 0.322 e. The molecule has 0 bridgehead atoms. The molecule has 1 N–H and O–H groups in total. The van der Waals surface area contributed by atoms with Gasteiger partial charge < -0.3 is 13.9 Å². The van der Waals surface area contributed by atoms with Gasteiger partial charge in [0.05, 0.1) is 30.4 Å². The molecular formula is C19H19N3O6S. The Kier molecular flexibility index (Phi) is 5.83. The monoisotopic (exact) mass is 417 g/mol. The minimum absolute atomic E-state index is 0.0107. The summed E-state index contributed by atoms with van der Waals surface area (Å²) in [5.74, 6) is 0.482. The number of amides is 1. The molecule has 1 heterocycles. The fraction of sp³-hybridized carbons (Fsp3) is 0.211. The van der Waals surface area contributed by atoms with Crippen LogP contribution in [0.25, 0.3) is 11.5 Å². The number of anilines is 1. The largest absolute Gasteiger partial charge is 0.497 e. The molecule has 10 heteroatoms. The van der Waals surface area contributed by atoms with Gasteiger partial charge in [-0.05, 0) is 42.5 Å². The Morgan fingerprint density at radius 3 is 2.41 bits per heavy atom. The minimum atomic E-state index is -3.30. The molecule has 0 spiro atoms. The normalized spacial score (nSPS) is 11.1. The number of nitrogens with one attached hydrogen (secondary N) is 1. The van der Waals surface area contributed by atoms with Crippen LogP contribution in [0.3, 0.4) is 0 Å². The van der Waals surface area contributed by atoms with Crippen LogP contribution >= 0.6 is 0 Å². The molecular weight excluding hydrogens is 398 g/mol. The Morgan fingerprint density at radius 2 is 1.79 bits per heavy atom. The maximum absolute atomic E-state index is 12.6. The molecule has 0 saturated heterocycles. The Labute approximate surface area is 167 Å². The predicted molar refractivity (Wildman–Crippen MR) is 105 cm³/mol. The maximum atomic E-state index is 12.6. The van der Waals surface area contributed by atoms with E-state index in [2.05, 4.69) is 15.5 Å². The summed E-state index contributed by atoms with van der Waals surface area (Å²) < 4.78 is 39.6. The number of aromatic nitrogens is 2. The van der Waals surface area contributed by atoms with Crippen LogP contribution in [0.2, 0.25) is 0 Å². The van der Waals surface area contributed by atoms with Crippen molar-refractivity contribution in [1.29, 1.82) is 0 Å². The standard InChI is InChI=1S/C19H19N3O6S/c1-4-29(24,25)14-8-5-12(6-9-14)18-21-22-19(28-18)20-17(23)15-11-13(26-2)7-10-16(15)27-3/h5-11H,4H2,1-3H3,(H,20,22,23). The SMILES string of the molecule is CCS(=O)(=O)c1ccc(-c2nnc(NC(=O)c3cc(OC)ccc3OC)o2)cc1. The second kappa shape index (κ2) is 8.31. The molecule has 3 rings (SSSR count). The lowest BCUT2D eigenvalue weighted by atomic mass is 10.1. The van der Waals surface area contributed by atoms with Gasteiger partial charge in [-0.3, -0.25) is 10.1 Å². The molecule has 9 nitrogen and oxygen atoms in total. The highest BCUT2D eigenvalue weighted by Gasteiger charge is 2.18. The number of hydrogen-bond acceptors (Lipinski definition) is 8. The Bertz CT molecular complexity index is 1120. The number of sulfone groups is 1. The van der Waals surface area contributed by atoms with Gasteiger partial charge in [-0.1, -0.05) is 12.0 Å². The summed E-state index contributed by atoms with van der Waals surface area (Å²) in [6, 6.07) is 10.8. The van der Waals surface area contributed by atoms with E-state index in [1.807, 2.05) is 0 Å².